The molecule has 12 heavy (non-hydrogen) atoms. The van der Waals surface area contributed by atoms with Crippen LogP contribution < -0.4 is 4.90 Å². The summed E-state index contributed by atoms with van der Waals surface area (Å²) in [5.74, 6) is 0. The third kappa shape index (κ3) is 1.50. The van der Waals surface area contributed by atoms with Gasteiger partial charge in [0.2, 0.25) is 0 Å². The Labute approximate surface area is 80.0 Å². The Kier molecular flexibility index (Phi) is 2.13. The third-order valence-corrected chi connectivity index (χ3v) is 2.33. The normalized spacial score (nSPS) is 15.6. The van der Waals surface area contributed by atoms with Crippen LogP contribution in [0.15, 0.2) is 35.1 Å². The van der Waals surface area contributed by atoms with Crippen molar-refractivity contribution >= 4 is 21.6 Å². The molecule has 0 saturated heterocycles. The van der Waals surface area contributed by atoms with E-state index in [1.54, 1.807) is 0 Å². The lowest BCUT2D eigenvalue weighted by molar-refractivity contribution is 1.000. The highest BCUT2D eigenvalue weighted by atomic mass is 79.9. The van der Waals surface area contributed by atoms with E-state index in [-0.39, 0.29) is 0 Å². The number of rotatable bonds is 1. The molecule has 0 amide bonds. The Morgan fingerprint density at radius 2 is 2.08 bits per heavy atom. The first-order chi connectivity index (χ1) is 5.86. The van der Waals surface area contributed by atoms with Crippen molar-refractivity contribution in [1.29, 1.82) is 0 Å². The van der Waals surface area contributed by atoms with Gasteiger partial charge in [0.25, 0.3) is 0 Å². The Hall–Kier alpha value is -0.830. The van der Waals surface area contributed by atoms with Crippen molar-refractivity contribution < 1.29 is 0 Å². The molecule has 0 spiro atoms. The minimum atomic E-state index is 0.895. The van der Waals surface area contributed by atoms with E-state index in [1.807, 2.05) is 18.3 Å². The summed E-state index contributed by atoms with van der Waals surface area (Å²) >= 11 is 3.35. The van der Waals surface area contributed by atoms with Crippen LogP contribution in [0.3, 0.4) is 0 Å². The smallest absolute Gasteiger partial charge is 0.108 e. The van der Waals surface area contributed by atoms with E-state index in [1.165, 1.54) is 5.69 Å². The quantitative estimate of drug-likeness (QED) is 0.538. The maximum absolute atomic E-state index is 4.08. The Balaban J connectivity index is 2.22. The molecule has 0 aromatic carbocycles. The summed E-state index contributed by atoms with van der Waals surface area (Å²) in [5.41, 5.74) is 1.22. The van der Waals surface area contributed by atoms with Crippen LogP contribution in [0.4, 0.5) is 5.69 Å². The zero-order valence-electron chi connectivity index (χ0n) is 6.57. The second kappa shape index (κ2) is 3.27. The van der Waals surface area contributed by atoms with Crippen molar-refractivity contribution in [2.75, 3.05) is 18.0 Å². The summed E-state index contributed by atoms with van der Waals surface area (Å²) in [6.07, 6.45) is 6.17. The number of anilines is 1. The summed E-state index contributed by atoms with van der Waals surface area (Å²) in [7, 11) is 0. The Morgan fingerprint density at radius 3 is 2.75 bits per heavy atom. The number of nitrogens with zero attached hydrogens (tertiary/aromatic N) is 2. The molecule has 2 rings (SSSR count). The predicted octanol–water partition coefficient (Wildman–Crippen LogP) is 2.22. The fourth-order valence-electron chi connectivity index (χ4n) is 1.28. The molecule has 1 aliphatic rings. The standard InChI is InChI=1S/C9H9BrN2/c10-9-7-8(3-4-11-9)12-5-1-2-6-12/h1-4,7H,5-6H2. The van der Waals surface area contributed by atoms with Crippen LogP contribution in [0.1, 0.15) is 0 Å². The van der Waals surface area contributed by atoms with Crippen LogP contribution in [-0.2, 0) is 0 Å². The number of aromatic nitrogens is 1. The minimum Gasteiger partial charge on any atom is -0.364 e. The number of hydrogen-bond donors (Lipinski definition) is 0. The molecule has 3 heteroatoms. The molecule has 0 bridgehead atoms. The molecule has 0 N–H and O–H groups in total. The van der Waals surface area contributed by atoms with Crippen molar-refractivity contribution in [3.05, 3.63) is 35.1 Å². The van der Waals surface area contributed by atoms with Gasteiger partial charge in [0.1, 0.15) is 4.60 Å². The molecule has 1 aromatic heterocycles. The van der Waals surface area contributed by atoms with Gasteiger partial charge >= 0.3 is 0 Å². The van der Waals surface area contributed by atoms with E-state index in [9.17, 15) is 0 Å². The molecule has 1 aromatic rings. The Morgan fingerprint density at radius 1 is 1.33 bits per heavy atom. The van der Waals surface area contributed by atoms with Gasteiger partial charge in [0.05, 0.1) is 0 Å². The molecule has 2 nitrogen and oxygen atoms in total. The van der Waals surface area contributed by atoms with E-state index in [0.29, 0.717) is 0 Å². The average molecular weight is 225 g/mol. The maximum Gasteiger partial charge on any atom is 0.108 e. The van der Waals surface area contributed by atoms with E-state index in [4.69, 9.17) is 0 Å². The minimum absolute atomic E-state index is 0.895. The second-order valence-corrected chi connectivity index (χ2v) is 3.53. The molecule has 0 radical (unpaired) electrons. The van der Waals surface area contributed by atoms with Crippen LogP contribution in [0.25, 0.3) is 0 Å². The highest BCUT2D eigenvalue weighted by molar-refractivity contribution is 9.10. The summed E-state index contributed by atoms with van der Waals surface area (Å²) < 4.78 is 0.895. The van der Waals surface area contributed by atoms with Gasteiger partial charge in [-0.3, -0.25) is 0 Å². The monoisotopic (exact) mass is 224 g/mol. The lowest BCUT2D eigenvalue weighted by Gasteiger charge is -2.16. The van der Waals surface area contributed by atoms with Gasteiger partial charge < -0.3 is 4.90 Å². The molecular weight excluding hydrogens is 216 g/mol. The molecule has 62 valence electrons. The van der Waals surface area contributed by atoms with Gasteiger partial charge in [-0.25, -0.2) is 4.98 Å². The SMILES string of the molecule is Brc1cc(N2CC=CC2)ccn1. The Bertz CT molecular complexity index is 301. The van der Waals surface area contributed by atoms with Gasteiger partial charge in [-0.05, 0) is 28.1 Å². The van der Waals surface area contributed by atoms with Crippen molar-refractivity contribution in [2.45, 2.75) is 0 Å². The fraction of sp³-hybridized carbons (Fsp3) is 0.222. The van der Waals surface area contributed by atoms with E-state index in [2.05, 4.69) is 38.0 Å². The summed E-state index contributed by atoms with van der Waals surface area (Å²) in [6, 6.07) is 4.06. The molecule has 0 atom stereocenters. The molecule has 0 saturated carbocycles. The van der Waals surface area contributed by atoms with Gasteiger partial charge in [-0.15, -0.1) is 0 Å². The largest absolute Gasteiger partial charge is 0.364 e. The first-order valence-corrected chi connectivity index (χ1v) is 4.67. The van der Waals surface area contributed by atoms with Crippen molar-refractivity contribution in [1.82, 2.24) is 4.98 Å². The molecular formula is C9H9BrN2. The van der Waals surface area contributed by atoms with Crippen molar-refractivity contribution in [2.24, 2.45) is 0 Å². The van der Waals surface area contributed by atoms with Gasteiger partial charge in [0.15, 0.2) is 0 Å². The van der Waals surface area contributed by atoms with Gasteiger partial charge in [-0.2, -0.15) is 0 Å². The fourth-order valence-corrected chi connectivity index (χ4v) is 1.63. The highest BCUT2D eigenvalue weighted by Crippen LogP contribution is 2.19. The molecule has 0 unspecified atom stereocenters. The number of halogens is 1. The van der Waals surface area contributed by atoms with Crippen LogP contribution in [0.2, 0.25) is 0 Å². The first kappa shape index (κ1) is 7.80. The van der Waals surface area contributed by atoms with Crippen LogP contribution in [0.5, 0.6) is 0 Å². The number of pyridine rings is 1. The number of hydrogen-bond acceptors (Lipinski definition) is 2. The van der Waals surface area contributed by atoms with Crippen LogP contribution >= 0.6 is 15.9 Å². The average Bonchev–Trinajstić information content (AvgIpc) is 2.56. The van der Waals surface area contributed by atoms with Crippen LogP contribution in [0, 0.1) is 0 Å². The van der Waals surface area contributed by atoms with Crippen molar-refractivity contribution in [3.8, 4) is 0 Å². The topological polar surface area (TPSA) is 16.1 Å². The zero-order chi connectivity index (χ0) is 8.39. The van der Waals surface area contributed by atoms with E-state index < -0.39 is 0 Å². The third-order valence-electron chi connectivity index (χ3n) is 1.89. The summed E-state index contributed by atoms with van der Waals surface area (Å²) in [5, 5.41) is 0. The lowest BCUT2D eigenvalue weighted by Crippen LogP contribution is -2.18. The molecule has 2 heterocycles. The van der Waals surface area contributed by atoms with E-state index in [0.717, 1.165) is 17.7 Å². The maximum atomic E-state index is 4.08. The predicted molar refractivity (Wildman–Crippen MR) is 53.3 cm³/mol. The van der Waals surface area contributed by atoms with E-state index >= 15 is 0 Å². The van der Waals surface area contributed by atoms with Crippen LogP contribution in [-0.4, -0.2) is 18.1 Å². The second-order valence-electron chi connectivity index (χ2n) is 2.71. The molecule has 0 fully saturated rings. The first-order valence-electron chi connectivity index (χ1n) is 3.88. The molecule has 0 aliphatic carbocycles. The van der Waals surface area contributed by atoms with Gasteiger partial charge in [-0.1, -0.05) is 12.2 Å². The highest BCUT2D eigenvalue weighted by Gasteiger charge is 2.06. The zero-order valence-corrected chi connectivity index (χ0v) is 8.16. The van der Waals surface area contributed by atoms with Crippen molar-refractivity contribution in [3.63, 3.8) is 0 Å². The summed E-state index contributed by atoms with van der Waals surface area (Å²) in [6.45, 7) is 2.02. The van der Waals surface area contributed by atoms with Gasteiger partial charge in [0, 0.05) is 25.0 Å². The summed E-state index contributed by atoms with van der Waals surface area (Å²) in [4.78, 5) is 6.36. The lowest BCUT2D eigenvalue weighted by atomic mass is 10.4. The molecule has 1 aliphatic heterocycles.